The Labute approximate surface area is 223 Å². The first kappa shape index (κ1) is 30.7. The fourth-order valence-corrected chi connectivity index (χ4v) is 5.59. The van der Waals surface area contributed by atoms with E-state index in [1.54, 1.807) is 11.9 Å². The molecule has 1 saturated heterocycles. The molecule has 37 heavy (non-hydrogen) atoms. The number of aromatic nitrogens is 1. The zero-order valence-corrected chi connectivity index (χ0v) is 23.8. The summed E-state index contributed by atoms with van der Waals surface area (Å²) in [7, 11) is 3.64. The highest BCUT2D eigenvalue weighted by atomic mass is 32.1. The number of rotatable bonds is 12. The first-order valence-electron chi connectivity index (χ1n) is 13.0. The number of hydrogen-bond donors (Lipinski definition) is 2. The zero-order chi connectivity index (χ0) is 27.9. The number of carbonyl (C=O) groups is 4. The molecule has 0 radical (unpaired) electrons. The number of carboxylic acid groups (broad SMARTS) is 1. The highest BCUT2D eigenvalue weighted by Crippen LogP contribution is 2.31. The van der Waals surface area contributed by atoms with Gasteiger partial charge in [-0.3, -0.25) is 19.3 Å². The summed E-state index contributed by atoms with van der Waals surface area (Å²) in [5.41, 5.74) is -0.116. The van der Waals surface area contributed by atoms with E-state index in [9.17, 15) is 24.3 Å². The van der Waals surface area contributed by atoms with Gasteiger partial charge in [-0.15, -0.1) is 11.3 Å². The van der Waals surface area contributed by atoms with Gasteiger partial charge in [0.15, 0.2) is 11.8 Å². The van der Waals surface area contributed by atoms with Gasteiger partial charge in [-0.2, -0.15) is 0 Å². The van der Waals surface area contributed by atoms with Crippen LogP contribution >= 0.6 is 11.3 Å². The van der Waals surface area contributed by atoms with Crippen LogP contribution in [0.2, 0.25) is 0 Å². The topological polar surface area (TPSA) is 129 Å². The number of amides is 2. The molecule has 10 nitrogen and oxygen atoms in total. The number of thiazole rings is 1. The van der Waals surface area contributed by atoms with E-state index in [1.807, 2.05) is 39.6 Å². The summed E-state index contributed by atoms with van der Waals surface area (Å²) in [6, 6.07) is -1.29. The second-order valence-corrected chi connectivity index (χ2v) is 11.2. The van der Waals surface area contributed by atoms with E-state index >= 15 is 0 Å². The largest absolute Gasteiger partial charge is 0.476 e. The van der Waals surface area contributed by atoms with Crippen molar-refractivity contribution in [2.75, 3.05) is 20.6 Å². The highest BCUT2D eigenvalue weighted by Gasteiger charge is 2.37. The normalized spacial score (nSPS) is 19.5. The van der Waals surface area contributed by atoms with Gasteiger partial charge in [-0.05, 0) is 38.3 Å². The lowest BCUT2D eigenvalue weighted by Gasteiger charge is -2.38. The fourth-order valence-electron chi connectivity index (χ4n) is 4.75. The number of carbonyl (C=O) groups excluding carboxylic acids is 3. The van der Waals surface area contributed by atoms with Crippen LogP contribution in [0.15, 0.2) is 5.38 Å². The number of ether oxygens (including phenoxy) is 1. The molecule has 0 aliphatic carbocycles. The number of nitrogens with one attached hydrogen (secondary N) is 1. The monoisotopic (exact) mass is 538 g/mol. The number of piperidine rings is 1. The molecule has 0 spiro atoms. The van der Waals surface area contributed by atoms with Gasteiger partial charge in [0.05, 0.1) is 6.04 Å². The number of aromatic carboxylic acids is 1. The molecule has 1 fully saturated rings. The summed E-state index contributed by atoms with van der Waals surface area (Å²) in [6.07, 6.45) is 2.97. The molecule has 1 unspecified atom stereocenters. The molecular weight excluding hydrogens is 496 g/mol. The molecule has 2 heterocycles. The molecule has 208 valence electrons. The number of nitrogens with zero attached hydrogens (tertiary/aromatic N) is 3. The Kier molecular flexibility index (Phi) is 11.5. The van der Waals surface area contributed by atoms with E-state index in [-0.39, 0.29) is 47.8 Å². The maximum Gasteiger partial charge on any atom is 0.355 e. The van der Waals surface area contributed by atoms with Gasteiger partial charge in [0, 0.05) is 31.8 Å². The van der Waals surface area contributed by atoms with E-state index in [1.165, 1.54) is 12.3 Å². The smallest absolute Gasteiger partial charge is 0.355 e. The number of carboxylic acids is 1. The van der Waals surface area contributed by atoms with E-state index in [0.29, 0.717) is 11.4 Å². The van der Waals surface area contributed by atoms with Crippen LogP contribution in [0.3, 0.4) is 0 Å². The van der Waals surface area contributed by atoms with Crippen molar-refractivity contribution in [1.29, 1.82) is 0 Å². The molecule has 5 atom stereocenters. The molecular formula is C26H42N4O6S. The molecule has 1 aromatic heterocycles. The maximum absolute atomic E-state index is 13.8. The molecule has 2 rings (SSSR count). The molecule has 1 aliphatic heterocycles. The molecule has 2 amide bonds. The Bertz CT molecular complexity index is 951. The Balaban J connectivity index is 2.27. The van der Waals surface area contributed by atoms with Gasteiger partial charge in [-0.1, -0.05) is 40.5 Å². The maximum atomic E-state index is 13.8. The third kappa shape index (κ3) is 8.23. The van der Waals surface area contributed by atoms with Gasteiger partial charge in [0.25, 0.3) is 0 Å². The van der Waals surface area contributed by atoms with Gasteiger partial charge < -0.3 is 20.1 Å². The van der Waals surface area contributed by atoms with Crippen molar-refractivity contribution in [2.45, 2.75) is 91.0 Å². The van der Waals surface area contributed by atoms with Crippen LogP contribution in [0.5, 0.6) is 0 Å². The second-order valence-electron chi connectivity index (χ2n) is 10.3. The summed E-state index contributed by atoms with van der Waals surface area (Å²) in [6.45, 7) is 10.0. The van der Waals surface area contributed by atoms with E-state index in [4.69, 9.17) is 4.74 Å². The lowest BCUT2D eigenvalue weighted by molar-refractivity contribution is -0.149. The van der Waals surface area contributed by atoms with Crippen molar-refractivity contribution in [3.05, 3.63) is 16.1 Å². The number of likely N-dealkylation sites (tertiary alicyclic amines) is 1. The van der Waals surface area contributed by atoms with Crippen molar-refractivity contribution in [3.8, 4) is 0 Å². The Morgan fingerprint density at radius 1 is 1.27 bits per heavy atom. The van der Waals surface area contributed by atoms with Crippen molar-refractivity contribution < 1.29 is 29.0 Å². The van der Waals surface area contributed by atoms with Crippen molar-refractivity contribution in [3.63, 3.8) is 0 Å². The lowest BCUT2D eigenvalue weighted by Crippen LogP contribution is -2.58. The summed E-state index contributed by atoms with van der Waals surface area (Å²) < 4.78 is 5.53. The molecule has 1 aromatic rings. The molecule has 11 heteroatoms. The van der Waals surface area contributed by atoms with Crippen LogP contribution in [-0.2, 0) is 19.1 Å². The standard InChI is InChI=1S/C26H42N4O6S/c1-8-16(4)22(28-23(32)19-11-9-10-12-29(19)6)25(33)30(7)20(15(2)3)13-21(36-17(5)31)24-27-18(14-37-24)26(34)35/h14-16,19-22H,8-13H2,1-7H3,(H,28,32)(H,34,35)/t16-,19+,20?,21+,22-/m0/s1. The number of likely N-dealkylation sites (N-methyl/N-ethyl adjacent to an activating group) is 2. The average Bonchev–Trinajstić information content (AvgIpc) is 3.34. The van der Waals surface area contributed by atoms with Crippen LogP contribution in [-0.4, -0.2) is 82.4 Å². The quantitative estimate of drug-likeness (QED) is 0.388. The zero-order valence-electron chi connectivity index (χ0n) is 23.0. The first-order chi connectivity index (χ1) is 17.4. The average molecular weight is 539 g/mol. The summed E-state index contributed by atoms with van der Waals surface area (Å²) >= 11 is 1.11. The molecule has 0 bridgehead atoms. The summed E-state index contributed by atoms with van der Waals surface area (Å²) in [5, 5.41) is 14.1. The number of hydrogen-bond acceptors (Lipinski definition) is 8. The Morgan fingerprint density at radius 2 is 1.95 bits per heavy atom. The second kappa shape index (κ2) is 13.9. The predicted molar refractivity (Wildman–Crippen MR) is 141 cm³/mol. The number of esters is 1. The van der Waals surface area contributed by atoms with Gasteiger partial charge in [-0.25, -0.2) is 9.78 Å². The third-order valence-corrected chi connectivity index (χ3v) is 8.18. The van der Waals surface area contributed by atoms with E-state index < -0.39 is 24.1 Å². The lowest BCUT2D eigenvalue weighted by atomic mass is 9.92. The molecule has 0 saturated carbocycles. The minimum Gasteiger partial charge on any atom is -0.476 e. The SMILES string of the molecule is CC[C@H](C)[C@H](NC(=O)[C@H]1CCCCN1C)C(=O)N(C)C(C[C@@H](OC(C)=O)c1nc(C(=O)O)cs1)C(C)C. The molecule has 1 aliphatic rings. The van der Waals surface area contributed by atoms with E-state index in [0.717, 1.165) is 37.1 Å². The Morgan fingerprint density at radius 3 is 2.46 bits per heavy atom. The van der Waals surface area contributed by atoms with Crippen LogP contribution in [0.25, 0.3) is 0 Å². The van der Waals surface area contributed by atoms with Crippen molar-refractivity contribution in [2.24, 2.45) is 11.8 Å². The molecule has 2 N–H and O–H groups in total. The van der Waals surface area contributed by atoms with E-state index in [2.05, 4.69) is 10.3 Å². The minimum absolute atomic E-state index is 0.0105. The van der Waals surface area contributed by atoms with Gasteiger partial charge in [0.2, 0.25) is 11.8 Å². The van der Waals surface area contributed by atoms with Gasteiger partial charge >= 0.3 is 11.9 Å². The predicted octanol–water partition coefficient (Wildman–Crippen LogP) is 3.33. The fraction of sp³-hybridized carbons (Fsp3) is 0.731. The van der Waals surface area contributed by atoms with Crippen LogP contribution < -0.4 is 5.32 Å². The van der Waals surface area contributed by atoms with Crippen LogP contribution in [0, 0.1) is 11.8 Å². The van der Waals surface area contributed by atoms with Crippen molar-refractivity contribution in [1.82, 2.24) is 20.1 Å². The minimum atomic E-state index is -1.16. The van der Waals surface area contributed by atoms with Crippen LogP contribution in [0.4, 0.5) is 0 Å². The summed E-state index contributed by atoms with van der Waals surface area (Å²) in [4.78, 5) is 58.0. The van der Waals surface area contributed by atoms with Crippen LogP contribution in [0.1, 0.15) is 88.3 Å². The third-order valence-electron chi connectivity index (χ3n) is 7.24. The van der Waals surface area contributed by atoms with Crippen molar-refractivity contribution >= 4 is 35.1 Å². The first-order valence-corrected chi connectivity index (χ1v) is 13.9. The Hall–Kier alpha value is -2.53. The summed E-state index contributed by atoms with van der Waals surface area (Å²) in [5.74, 6) is -2.10. The van der Waals surface area contributed by atoms with Gasteiger partial charge in [0.1, 0.15) is 11.0 Å². The molecule has 0 aromatic carbocycles. The highest BCUT2D eigenvalue weighted by molar-refractivity contribution is 7.09.